The summed E-state index contributed by atoms with van der Waals surface area (Å²) in [6, 6.07) is 6.45. The van der Waals surface area contributed by atoms with Gasteiger partial charge in [-0.05, 0) is 51.4 Å². The van der Waals surface area contributed by atoms with E-state index in [1.807, 2.05) is 33.2 Å². The third-order valence-electron chi connectivity index (χ3n) is 3.59. The summed E-state index contributed by atoms with van der Waals surface area (Å²) in [6.07, 6.45) is 5.89. The summed E-state index contributed by atoms with van der Waals surface area (Å²) < 4.78 is 2.20. The molecule has 1 N–H and O–H groups in total. The lowest BCUT2D eigenvalue weighted by Gasteiger charge is -2.14. The second-order valence-electron chi connectivity index (χ2n) is 5.85. The van der Waals surface area contributed by atoms with Gasteiger partial charge in [-0.3, -0.25) is 0 Å². The third-order valence-corrected chi connectivity index (χ3v) is 3.59. The molecule has 0 fully saturated rings. The van der Waals surface area contributed by atoms with Crippen LogP contribution in [-0.4, -0.2) is 16.6 Å². The van der Waals surface area contributed by atoms with Gasteiger partial charge in [-0.25, -0.2) is 4.98 Å². The molecular formula is C16H22N4. The number of aryl methyl sites for hydroxylation is 1. The molecule has 0 amide bonds. The maximum atomic E-state index is 9.06. The fourth-order valence-electron chi connectivity index (χ4n) is 2.44. The summed E-state index contributed by atoms with van der Waals surface area (Å²) in [5.74, 6) is 0. The predicted octanol–water partition coefficient (Wildman–Crippen LogP) is 3.09. The van der Waals surface area contributed by atoms with Crippen LogP contribution in [-0.2, 0) is 13.1 Å². The molecule has 0 aliphatic heterocycles. The highest BCUT2D eigenvalue weighted by atomic mass is 15.0. The van der Waals surface area contributed by atoms with E-state index in [9.17, 15) is 0 Å². The largest absolute Gasteiger partial charge is 0.332 e. The Kier molecular flexibility index (Phi) is 4.41. The van der Waals surface area contributed by atoms with Crippen LogP contribution in [0.4, 0.5) is 0 Å². The van der Waals surface area contributed by atoms with Crippen LogP contribution >= 0.6 is 0 Å². The highest BCUT2D eigenvalue weighted by molar-refractivity contribution is 5.80. The van der Waals surface area contributed by atoms with Crippen LogP contribution in [0, 0.1) is 16.7 Å². The van der Waals surface area contributed by atoms with E-state index in [4.69, 9.17) is 5.26 Å². The quantitative estimate of drug-likeness (QED) is 0.877. The molecule has 0 atom stereocenters. The lowest BCUT2D eigenvalue weighted by atomic mass is 9.90. The molecule has 0 saturated carbocycles. The van der Waals surface area contributed by atoms with E-state index in [0.717, 1.165) is 31.6 Å². The van der Waals surface area contributed by atoms with Crippen molar-refractivity contribution in [3.05, 3.63) is 30.1 Å². The SMILES string of the molecule is CNCc1cn(CCCC(C)(C)C#N)c2ncccc12. The maximum absolute atomic E-state index is 9.06. The van der Waals surface area contributed by atoms with Gasteiger partial charge in [0.15, 0.2) is 0 Å². The first-order valence-corrected chi connectivity index (χ1v) is 7.06. The summed E-state index contributed by atoms with van der Waals surface area (Å²) in [7, 11) is 1.95. The first-order chi connectivity index (χ1) is 9.57. The number of hydrogen-bond acceptors (Lipinski definition) is 3. The van der Waals surface area contributed by atoms with Gasteiger partial charge in [-0.2, -0.15) is 5.26 Å². The number of pyridine rings is 1. The molecule has 0 unspecified atom stereocenters. The van der Waals surface area contributed by atoms with Crippen molar-refractivity contribution in [3.8, 4) is 6.07 Å². The molecule has 0 bridgehead atoms. The lowest BCUT2D eigenvalue weighted by Crippen LogP contribution is -2.09. The number of aromatic nitrogens is 2. The number of hydrogen-bond donors (Lipinski definition) is 1. The van der Waals surface area contributed by atoms with Gasteiger partial charge >= 0.3 is 0 Å². The fourth-order valence-corrected chi connectivity index (χ4v) is 2.44. The first-order valence-electron chi connectivity index (χ1n) is 7.06. The second kappa shape index (κ2) is 6.06. The van der Waals surface area contributed by atoms with Gasteiger partial charge in [0.05, 0.1) is 11.5 Å². The molecule has 20 heavy (non-hydrogen) atoms. The predicted molar refractivity (Wildman–Crippen MR) is 81.1 cm³/mol. The summed E-state index contributed by atoms with van der Waals surface area (Å²) >= 11 is 0. The molecule has 0 aliphatic carbocycles. The van der Waals surface area contributed by atoms with Crippen LogP contribution in [0.25, 0.3) is 11.0 Å². The molecular weight excluding hydrogens is 248 g/mol. The van der Waals surface area contributed by atoms with Crippen molar-refractivity contribution < 1.29 is 0 Å². The normalized spacial score (nSPS) is 11.7. The van der Waals surface area contributed by atoms with Crippen LogP contribution in [0.1, 0.15) is 32.3 Å². The number of nitriles is 1. The van der Waals surface area contributed by atoms with Gasteiger partial charge < -0.3 is 9.88 Å². The van der Waals surface area contributed by atoms with E-state index in [-0.39, 0.29) is 5.41 Å². The Balaban J connectivity index is 2.16. The smallest absolute Gasteiger partial charge is 0.140 e. The minimum Gasteiger partial charge on any atom is -0.332 e. The van der Waals surface area contributed by atoms with Crippen molar-refractivity contribution in [2.75, 3.05) is 7.05 Å². The number of nitrogens with one attached hydrogen (secondary N) is 1. The Morgan fingerprint density at radius 2 is 2.25 bits per heavy atom. The van der Waals surface area contributed by atoms with Crippen molar-refractivity contribution in [2.24, 2.45) is 5.41 Å². The third kappa shape index (κ3) is 3.17. The highest BCUT2D eigenvalue weighted by Gasteiger charge is 2.16. The Morgan fingerprint density at radius 3 is 2.95 bits per heavy atom. The van der Waals surface area contributed by atoms with Gasteiger partial charge in [0.2, 0.25) is 0 Å². The summed E-state index contributed by atoms with van der Waals surface area (Å²) in [4.78, 5) is 4.49. The molecule has 2 aromatic heterocycles. The Morgan fingerprint density at radius 1 is 1.45 bits per heavy atom. The molecule has 4 nitrogen and oxygen atoms in total. The molecule has 0 radical (unpaired) electrons. The second-order valence-corrected chi connectivity index (χ2v) is 5.85. The van der Waals surface area contributed by atoms with Crippen LogP contribution in [0.3, 0.4) is 0 Å². The van der Waals surface area contributed by atoms with E-state index in [0.29, 0.717) is 0 Å². The average molecular weight is 270 g/mol. The van der Waals surface area contributed by atoms with Gasteiger partial charge in [0.1, 0.15) is 5.65 Å². The van der Waals surface area contributed by atoms with Crippen LogP contribution in [0.15, 0.2) is 24.5 Å². The molecule has 4 heteroatoms. The zero-order valence-corrected chi connectivity index (χ0v) is 12.5. The molecule has 0 aromatic carbocycles. The number of rotatable bonds is 6. The first kappa shape index (κ1) is 14.5. The van der Waals surface area contributed by atoms with E-state index in [1.54, 1.807) is 0 Å². The van der Waals surface area contributed by atoms with Gasteiger partial charge in [-0.1, -0.05) is 0 Å². The molecule has 2 heterocycles. The molecule has 2 aromatic rings. The van der Waals surface area contributed by atoms with Crippen LogP contribution < -0.4 is 5.32 Å². The zero-order chi connectivity index (χ0) is 14.6. The van der Waals surface area contributed by atoms with E-state index in [2.05, 4.69) is 33.2 Å². The number of fused-ring (bicyclic) bond motifs is 1. The maximum Gasteiger partial charge on any atom is 0.140 e. The van der Waals surface area contributed by atoms with Crippen LogP contribution in [0.5, 0.6) is 0 Å². The fraction of sp³-hybridized carbons (Fsp3) is 0.500. The standard InChI is InChI=1S/C16H22N4/c1-16(2,12-17)7-5-9-20-11-13(10-18-3)14-6-4-8-19-15(14)20/h4,6,8,11,18H,5,7,9-10H2,1-3H3. The molecule has 2 rings (SSSR count). The summed E-state index contributed by atoms with van der Waals surface area (Å²) in [6.45, 7) is 5.73. The van der Waals surface area contributed by atoms with E-state index >= 15 is 0 Å². The van der Waals surface area contributed by atoms with E-state index < -0.39 is 0 Å². The average Bonchev–Trinajstić information content (AvgIpc) is 2.78. The Hall–Kier alpha value is -1.86. The van der Waals surface area contributed by atoms with Gasteiger partial charge in [0.25, 0.3) is 0 Å². The molecule has 0 spiro atoms. The van der Waals surface area contributed by atoms with Crippen molar-refractivity contribution >= 4 is 11.0 Å². The molecule has 0 aliphatic rings. The van der Waals surface area contributed by atoms with Crippen molar-refractivity contribution in [1.82, 2.24) is 14.9 Å². The molecule has 0 saturated heterocycles. The van der Waals surface area contributed by atoms with Crippen molar-refractivity contribution in [3.63, 3.8) is 0 Å². The minimum absolute atomic E-state index is 0.246. The lowest BCUT2D eigenvalue weighted by molar-refractivity contribution is 0.417. The topological polar surface area (TPSA) is 53.6 Å². The monoisotopic (exact) mass is 270 g/mol. The highest BCUT2D eigenvalue weighted by Crippen LogP contribution is 2.23. The summed E-state index contributed by atoms with van der Waals surface area (Å²) in [5, 5.41) is 13.5. The van der Waals surface area contributed by atoms with Crippen molar-refractivity contribution in [2.45, 2.75) is 39.8 Å². The Bertz CT molecular complexity index is 619. The Labute approximate surface area is 120 Å². The van der Waals surface area contributed by atoms with Crippen LogP contribution in [0.2, 0.25) is 0 Å². The van der Waals surface area contributed by atoms with Gasteiger partial charge in [-0.15, -0.1) is 0 Å². The van der Waals surface area contributed by atoms with Crippen molar-refractivity contribution in [1.29, 1.82) is 5.26 Å². The summed E-state index contributed by atoms with van der Waals surface area (Å²) in [5.41, 5.74) is 2.06. The molecule has 106 valence electrons. The van der Waals surface area contributed by atoms with E-state index in [1.165, 1.54) is 10.9 Å². The van der Waals surface area contributed by atoms with Gasteiger partial charge in [0, 0.05) is 30.9 Å². The number of nitrogens with zero attached hydrogens (tertiary/aromatic N) is 3. The minimum atomic E-state index is -0.246. The zero-order valence-electron chi connectivity index (χ0n) is 12.5.